The van der Waals surface area contributed by atoms with Gasteiger partial charge in [-0.15, -0.1) is 0 Å². The number of aryl methyl sites for hydroxylation is 1. The van der Waals surface area contributed by atoms with Crippen LogP contribution in [-0.2, 0) is 11.3 Å². The van der Waals surface area contributed by atoms with E-state index in [0.717, 1.165) is 25.3 Å². The van der Waals surface area contributed by atoms with Crippen LogP contribution < -0.4 is 4.87 Å². The van der Waals surface area contributed by atoms with Crippen LogP contribution in [0.2, 0.25) is 0 Å². The Bertz CT molecular complexity index is 503. The Morgan fingerprint density at radius 2 is 2.00 bits per heavy atom. The minimum absolute atomic E-state index is 0.104. The Labute approximate surface area is 122 Å². The molecule has 112 valence electrons. The largest absolute Gasteiger partial charge is 0.450 e. The van der Waals surface area contributed by atoms with Crippen LogP contribution in [0.25, 0.3) is 0 Å². The predicted octanol–water partition coefficient (Wildman–Crippen LogP) is 0.992. The van der Waals surface area contributed by atoms with E-state index in [1.54, 1.807) is 4.90 Å². The predicted molar refractivity (Wildman–Crippen MR) is 78.4 cm³/mol. The van der Waals surface area contributed by atoms with Crippen LogP contribution in [0.1, 0.15) is 12.6 Å². The van der Waals surface area contributed by atoms with Crippen molar-refractivity contribution in [3.8, 4) is 0 Å². The minimum atomic E-state index is -0.225. The topological polar surface area (TPSA) is 54.8 Å². The van der Waals surface area contributed by atoms with Crippen molar-refractivity contribution in [3.05, 3.63) is 20.7 Å². The lowest BCUT2D eigenvalue weighted by Gasteiger charge is -2.34. The third-order valence-electron chi connectivity index (χ3n) is 3.51. The Morgan fingerprint density at radius 3 is 2.55 bits per heavy atom. The van der Waals surface area contributed by atoms with E-state index in [0.29, 0.717) is 26.2 Å². The van der Waals surface area contributed by atoms with E-state index < -0.39 is 0 Å². The number of thiazole rings is 1. The highest BCUT2D eigenvalue weighted by atomic mass is 32.1. The number of amides is 1. The van der Waals surface area contributed by atoms with E-state index in [1.165, 1.54) is 11.3 Å². The third kappa shape index (κ3) is 3.61. The Morgan fingerprint density at radius 1 is 1.30 bits per heavy atom. The molecule has 0 radical (unpaired) electrons. The number of carbonyl (C=O) groups is 1. The summed E-state index contributed by atoms with van der Waals surface area (Å²) in [6, 6.07) is 0. The fourth-order valence-corrected chi connectivity index (χ4v) is 3.05. The molecule has 20 heavy (non-hydrogen) atoms. The van der Waals surface area contributed by atoms with Crippen LogP contribution >= 0.6 is 11.3 Å². The van der Waals surface area contributed by atoms with Crippen molar-refractivity contribution in [2.24, 2.45) is 0 Å². The first-order valence-corrected chi connectivity index (χ1v) is 7.78. The number of ether oxygens (including phenoxy) is 1. The molecule has 0 bridgehead atoms. The quantitative estimate of drug-likeness (QED) is 0.832. The number of hydrogen-bond donors (Lipinski definition) is 0. The van der Waals surface area contributed by atoms with Crippen LogP contribution in [0.3, 0.4) is 0 Å². The Balaban J connectivity index is 1.78. The lowest BCUT2D eigenvalue weighted by atomic mass is 10.3. The number of rotatable bonds is 4. The summed E-state index contributed by atoms with van der Waals surface area (Å²) in [5.41, 5.74) is 1.02. The number of piperazine rings is 1. The van der Waals surface area contributed by atoms with E-state index in [9.17, 15) is 9.59 Å². The summed E-state index contributed by atoms with van der Waals surface area (Å²) in [5, 5.41) is 1.89. The first kappa shape index (κ1) is 15.1. The average molecular weight is 299 g/mol. The van der Waals surface area contributed by atoms with Gasteiger partial charge in [-0.2, -0.15) is 0 Å². The molecule has 0 aliphatic carbocycles. The van der Waals surface area contributed by atoms with Gasteiger partial charge < -0.3 is 14.2 Å². The third-order valence-corrected chi connectivity index (χ3v) is 4.40. The van der Waals surface area contributed by atoms with Gasteiger partial charge in [0.25, 0.3) is 0 Å². The van der Waals surface area contributed by atoms with Gasteiger partial charge in [-0.25, -0.2) is 4.79 Å². The monoisotopic (exact) mass is 299 g/mol. The van der Waals surface area contributed by atoms with Gasteiger partial charge in [-0.1, -0.05) is 11.3 Å². The summed E-state index contributed by atoms with van der Waals surface area (Å²) in [5.74, 6) is 0. The molecule has 2 rings (SSSR count). The summed E-state index contributed by atoms with van der Waals surface area (Å²) >= 11 is 1.25. The molecule has 1 aliphatic heterocycles. The van der Waals surface area contributed by atoms with Gasteiger partial charge in [0.2, 0.25) is 0 Å². The number of carbonyl (C=O) groups excluding carboxylic acids is 1. The second-order valence-electron chi connectivity index (χ2n) is 4.82. The molecule has 1 saturated heterocycles. The van der Waals surface area contributed by atoms with Gasteiger partial charge in [-0.3, -0.25) is 9.69 Å². The lowest BCUT2D eigenvalue weighted by Crippen LogP contribution is -2.49. The molecular weight excluding hydrogens is 278 g/mol. The first-order valence-electron chi connectivity index (χ1n) is 6.90. The van der Waals surface area contributed by atoms with Gasteiger partial charge in [0.15, 0.2) is 0 Å². The first-order chi connectivity index (χ1) is 9.61. The normalized spacial score (nSPS) is 16.4. The van der Waals surface area contributed by atoms with Gasteiger partial charge in [0.05, 0.1) is 6.61 Å². The molecule has 1 aromatic rings. The summed E-state index contributed by atoms with van der Waals surface area (Å²) < 4.78 is 6.80. The SMILES string of the molecule is CCOC(=O)N1CCN(CCn2c(C)csc2=O)CC1. The van der Waals surface area contributed by atoms with Crippen LogP contribution in [0.5, 0.6) is 0 Å². The van der Waals surface area contributed by atoms with Crippen LogP contribution in [0, 0.1) is 6.92 Å². The summed E-state index contributed by atoms with van der Waals surface area (Å²) in [4.78, 5) is 27.3. The zero-order valence-electron chi connectivity index (χ0n) is 12.0. The zero-order valence-corrected chi connectivity index (χ0v) is 12.8. The van der Waals surface area contributed by atoms with E-state index in [4.69, 9.17) is 4.74 Å². The van der Waals surface area contributed by atoms with E-state index >= 15 is 0 Å². The van der Waals surface area contributed by atoms with Crippen LogP contribution in [-0.4, -0.2) is 59.8 Å². The standard InChI is InChI=1S/C13H21N3O3S/c1-3-19-12(17)15-7-4-14(5-8-15)6-9-16-11(2)10-20-13(16)18/h10H,3-9H2,1-2H3. The van der Waals surface area contributed by atoms with Crippen molar-refractivity contribution >= 4 is 17.4 Å². The molecule has 0 saturated carbocycles. The molecule has 0 N–H and O–H groups in total. The number of aromatic nitrogens is 1. The molecular formula is C13H21N3O3S. The van der Waals surface area contributed by atoms with Crippen molar-refractivity contribution in [2.75, 3.05) is 39.3 Å². The smallest absolute Gasteiger partial charge is 0.409 e. The number of hydrogen-bond acceptors (Lipinski definition) is 5. The van der Waals surface area contributed by atoms with Crippen molar-refractivity contribution in [2.45, 2.75) is 20.4 Å². The van der Waals surface area contributed by atoms with E-state index in [-0.39, 0.29) is 11.0 Å². The second-order valence-corrected chi connectivity index (χ2v) is 5.64. The molecule has 1 aromatic heterocycles. The highest BCUT2D eigenvalue weighted by Gasteiger charge is 2.21. The maximum atomic E-state index is 11.6. The highest BCUT2D eigenvalue weighted by molar-refractivity contribution is 7.07. The molecule has 7 heteroatoms. The highest BCUT2D eigenvalue weighted by Crippen LogP contribution is 2.05. The van der Waals surface area contributed by atoms with Crippen molar-refractivity contribution in [1.82, 2.24) is 14.4 Å². The summed E-state index contributed by atoms with van der Waals surface area (Å²) in [6.07, 6.45) is -0.225. The molecule has 1 fully saturated rings. The van der Waals surface area contributed by atoms with Gasteiger partial charge in [-0.05, 0) is 13.8 Å². The summed E-state index contributed by atoms with van der Waals surface area (Å²) in [7, 11) is 0. The van der Waals surface area contributed by atoms with Crippen molar-refractivity contribution in [3.63, 3.8) is 0 Å². The van der Waals surface area contributed by atoms with E-state index in [1.807, 2.05) is 23.8 Å². The zero-order chi connectivity index (χ0) is 14.5. The molecule has 0 unspecified atom stereocenters. The molecule has 0 atom stereocenters. The summed E-state index contributed by atoms with van der Waals surface area (Å²) in [6.45, 7) is 8.78. The average Bonchev–Trinajstić information content (AvgIpc) is 2.77. The maximum absolute atomic E-state index is 11.6. The van der Waals surface area contributed by atoms with Gasteiger partial charge >= 0.3 is 11.0 Å². The van der Waals surface area contributed by atoms with Gasteiger partial charge in [0, 0.05) is 50.3 Å². The minimum Gasteiger partial charge on any atom is -0.450 e. The molecule has 1 aliphatic rings. The maximum Gasteiger partial charge on any atom is 0.409 e. The van der Waals surface area contributed by atoms with E-state index in [2.05, 4.69) is 4.90 Å². The van der Waals surface area contributed by atoms with Gasteiger partial charge in [0.1, 0.15) is 0 Å². The Kier molecular flexibility index (Phi) is 5.19. The Hall–Kier alpha value is -1.34. The van der Waals surface area contributed by atoms with Crippen molar-refractivity contribution < 1.29 is 9.53 Å². The van der Waals surface area contributed by atoms with Crippen molar-refractivity contribution in [1.29, 1.82) is 0 Å². The second kappa shape index (κ2) is 6.90. The molecule has 2 heterocycles. The molecule has 6 nitrogen and oxygen atoms in total. The molecule has 1 amide bonds. The lowest BCUT2D eigenvalue weighted by molar-refractivity contribution is 0.0787. The van der Waals surface area contributed by atoms with Crippen LogP contribution in [0.4, 0.5) is 4.79 Å². The molecule has 0 aromatic carbocycles. The fourth-order valence-electron chi connectivity index (χ4n) is 2.28. The fraction of sp³-hybridized carbons (Fsp3) is 0.692. The number of nitrogens with zero attached hydrogens (tertiary/aromatic N) is 3. The molecule has 0 spiro atoms. The van der Waals surface area contributed by atoms with Crippen LogP contribution in [0.15, 0.2) is 10.2 Å².